The van der Waals surface area contributed by atoms with Crippen LogP contribution in [0.2, 0.25) is 0 Å². The van der Waals surface area contributed by atoms with Crippen molar-refractivity contribution in [3.63, 3.8) is 0 Å². The van der Waals surface area contributed by atoms with Gasteiger partial charge in [-0.1, -0.05) is 0 Å². The van der Waals surface area contributed by atoms with Crippen molar-refractivity contribution >= 4 is 6.09 Å². The fraction of sp³-hybridized carbons (Fsp3) is 0.545. The molecule has 10 heteroatoms. The Kier molecular flexibility index (Phi) is 3.20. The van der Waals surface area contributed by atoms with Crippen LogP contribution < -0.4 is 5.56 Å². The molecular weight excluding hydrogens is 280 g/mol. The predicted molar refractivity (Wildman–Crippen MR) is 67.6 cm³/mol. The summed E-state index contributed by atoms with van der Waals surface area (Å²) in [7, 11) is 1.66. The van der Waals surface area contributed by atoms with Gasteiger partial charge in [-0.05, 0) is 23.3 Å². The molecule has 2 N–H and O–H groups in total. The second-order valence-electron chi connectivity index (χ2n) is 4.99. The van der Waals surface area contributed by atoms with Crippen LogP contribution in [0, 0.1) is 0 Å². The maximum atomic E-state index is 11.4. The minimum atomic E-state index is -1.02. The van der Waals surface area contributed by atoms with Gasteiger partial charge in [0.2, 0.25) is 0 Å². The van der Waals surface area contributed by atoms with Crippen molar-refractivity contribution in [2.45, 2.75) is 24.8 Å². The molecule has 3 rings (SSSR count). The SMILES string of the molecule is Cn1nnnc1C1CC(c2cc(=O)[nH]o2)CCN1C(=O)O. The number of hydrogen-bond acceptors (Lipinski definition) is 6. The minimum absolute atomic E-state index is 0.0544. The monoisotopic (exact) mass is 294 g/mol. The summed E-state index contributed by atoms with van der Waals surface area (Å²) in [6.07, 6.45) is 0.0212. The first-order valence-corrected chi connectivity index (χ1v) is 6.46. The van der Waals surface area contributed by atoms with Gasteiger partial charge in [-0.3, -0.25) is 9.69 Å². The first-order valence-electron chi connectivity index (χ1n) is 6.46. The number of amides is 1. The number of H-pyrrole nitrogens is 1. The zero-order valence-electron chi connectivity index (χ0n) is 11.3. The van der Waals surface area contributed by atoms with Gasteiger partial charge >= 0.3 is 6.09 Å². The molecule has 0 saturated carbocycles. The summed E-state index contributed by atoms with van der Waals surface area (Å²) in [5.41, 5.74) is -0.303. The van der Waals surface area contributed by atoms with Crippen molar-refractivity contribution in [3.05, 3.63) is 28.0 Å². The molecule has 1 aliphatic rings. The summed E-state index contributed by atoms with van der Waals surface area (Å²) < 4.78 is 6.59. The summed E-state index contributed by atoms with van der Waals surface area (Å²) >= 11 is 0. The zero-order chi connectivity index (χ0) is 15.0. The second-order valence-corrected chi connectivity index (χ2v) is 4.99. The molecule has 2 unspecified atom stereocenters. The van der Waals surface area contributed by atoms with Crippen LogP contribution in [-0.2, 0) is 7.05 Å². The Morgan fingerprint density at radius 3 is 2.95 bits per heavy atom. The van der Waals surface area contributed by atoms with Gasteiger partial charge in [-0.25, -0.2) is 9.48 Å². The Bertz CT molecular complexity index is 703. The third-order valence-electron chi connectivity index (χ3n) is 3.74. The number of aromatic amines is 1. The van der Waals surface area contributed by atoms with Crippen LogP contribution in [-0.4, -0.2) is 48.0 Å². The number of carboxylic acid groups (broad SMARTS) is 1. The van der Waals surface area contributed by atoms with Crippen molar-refractivity contribution in [1.82, 2.24) is 30.3 Å². The van der Waals surface area contributed by atoms with E-state index in [1.165, 1.54) is 15.6 Å². The molecule has 1 saturated heterocycles. The van der Waals surface area contributed by atoms with Crippen LogP contribution in [0.5, 0.6) is 0 Å². The van der Waals surface area contributed by atoms with Crippen LogP contribution >= 0.6 is 0 Å². The lowest BCUT2D eigenvalue weighted by molar-refractivity contribution is 0.0922. The number of rotatable bonds is 2. The first-order chi connectivity index (χ1) is 10.1. The molecule has 21 heavy (non-hydrogen) atoms. The van der Waals surface area contributed by atoms with Crippen LogP contribution in [0.4, 0.5) is 4.79 Å². The van der Waals surface area contributed by atoms with Crippen LogP contribution in [0.1, 0.15) is 36.4 Å². The van der Waals surface area contributed by atoms with Gasteiger partial charge in [-0.2, -0.15) is 5.16 Å². The Labute approximate surface area is 118 Å². The largest absolute Gasteiger partial charge is 0.465 e. The van der Waals surface area contributed by atoms with Crippen molar-refractivity contribution in [2.24, 2.45) is 7.05 Å². The van der Waals surface area contributed by atoms with E-state index < -0.39 is 12.1 Å². The summed E-state index contributed by atoms with van der Waals surface area (Å²) in [4.78, 5) is 23.9. The Morgan fingerprint density at radius 1 is 1.57 bits per heavy atom. The number of tetrazole rings is 1. The fourth-order valence-electron chi connectivity index (χ4n) is 2.71. The van der Waals surface area contributed by atoms with E-state index in [9.17, 15) is 14.7 Å². The van der Waals surface area contributed by atoms with E-state index in [0.717, 1.165) is 0 Å². The minimum Gasteiger partial charge on any atom is -0.465 e. The van der Waals surface area contributed by atoms with E-state index in [0.29, 0.717) is 31.0 Å². The molecule has 0 radical (unpaired) electrons. The van der Waals surface area contributed by atoms with E-state index in [1.807, 2.05) is 0 Å². The van der Waals surface area contributed by atoms with E-state index in [4.69, 9.17) is 4.52 Å². The Balaban J connectivity index is 1.90. The summed E-state index contributed by atoms with van der Waals surface area (Å²) in [6, 6.07) is 0.925. The van der Waals surface area contributed by atoms with Crippen LogP contribution in [0.15, 0.2) is 15.4 Å². The topological polar surface area (TPSA) is 130 Å². The van der Waals surface area contributed by atoms with Gasteiger partial charge in [0.15, 0.2) is 5.82 Å². The Hall–Kier alpha value is -2.65. The smallest absolute Gasteiger partial charge is 0.407 e. The molecule has 112 valence electrons. The zero-order valence-corrected chi connectivity index (χ0v) is 11.3. The maximum Gasteiger partial charge on any atom is 0.407 e. The number of aromatic nitrogens is 5. The molecule has 2 aromatic heterocycles. The van der Waals surface area contributed by atoms with E-state index >= 15 is 0 Å². The molecule has 0 spiro atoms. The number of likely N-dealkylation sites (tertiary alicyclic amines) is 1. The van der Waals surface area contributed by atoms with E-state index in [2.05, 4.69) is 20.7 Å². The summed E-state index contributed by atoms with van der Waals surface area (Å²) in [6.45, 7) is 0.326. The number of nitrogens with one attached hydrogen (secondary N) is 1. The van der Waals surface area contributed by atoms with Gasteiger partial charge in [0.05, 0.1) is 6.04 Å². The third-order valence-corrected chi connectivity index (χ3v) is 3.74. The first kappa shape index (κ1) is 13.3. The van der Waals surface area contributed by atoms with Gasteiger partial charge in [-0.15, -0.1) is 5.10 Å². The van der Waals surface area contributed by atoms with E-state index in [-0.39, 0.29) is 11.5 Å². The molecule has 1 aliphatic heterocycles. The van der Waals surface area contributed by atoms with E-state index in [1.54, 1.807) is 7.05 Å². The van der Waals surface area contributed by atoms with Crippen LogP contribution in [0.25, 0.3) is 0 Å². The lowest BCUT2D eigenvalue weighted by Gasteiger charge is -2.35. The van der Waals surface area contributed by atoms with Crippen molar-refractivity contribution in [2.75, 3.05) is 6.54 Å². The predicted octanol–water partition coefficient (Wildman–Crippen LogP) is 0.0901. The fourth-order valence-corrected chi connectivity index (χ4v) is 2.71. The van der Waals surface area contributed by atoms with Crippen molar-refractivity contribution < 1.29 is 14.4 Å². The summed E-state index contributed by atoms with van der Waals surface area (Å²) in [5, 5.41) is 22.8. The normalized spacial score (nSPS) is 22.4. The number of carbonyl (C=O) groups is 1. The highest BCUT2D eigenvalue weighted by Crippen LogP contribution is 2.37. The average molecular weight is 294 g/mol. The van der Waals surface area contributed by atoms with Crippen molar-refractivity contribution in [1.29, 1.82) is 0 Å². The standard InChI is InChI=1S/C11H14N6O4/c1-16-10(12-14-15-16)7-4-6(2-3-17(7)11(19)20)8-5-9(18)13-21-8/h5-7H,2-4H2,1H3,(H,13,18)(H,19,20). The Morgan fingerprint density at radius 2 is 2.38 bits per heavy atom. The highest BCUT2D eigenvalue weighted by atomic mass is 16.5. The van der Waals surface area contributed by atoms with Crippen LogP contribution in [0.3, 0.4) is 0 Å². The molecule has 1 fully saturated rings. The molecule has 0 aliphatic carbocycles. The molecule has 2 aromatic rings. The summed E-state index contributed by atoms with van der Waals surface area (Å²) in [5.74, 6) is 0.950. The lowest BCUT2D eigenvalue weighted by atomic mass is 9.88. The van der Waals surface area contributed by atoms with Gasteiger partial charge in [0, 0.05) is 25.6 Å². The van der Waals surface area contributed by atoms with Crippen molar-refractivity contribution in [3.8, 4) is 0 Å². The van der Waals surface area contributed by atoms with Gasteiger partial charge in [0.1, 0.15) is 5.76 Å². The van der Waals surface area contributed by atoms with Gasteiger partial charge in [0.25, 0.3) is 5.56 Å². The number of aryl methyl sites for hydroxylation is 1. The lowest BCUT2D eigenvalue weighted by Crippen LogP contribution is -2.40. The second kappa shape index (κ2) is 5.04. The third kappa shape index (κ3) is 2.39. The number of hydrogen-bond donors (Lipinski definition) is 2. The molecule has 0 aromatic carbocycles. The number of nitrogens with zero attached hydrogens (tertiary/aromatic N) is 5. The molecule has 0 bridgehead atoms. The average Bonchev–Trinajstić information content (AvgIpc) is 3.06. The molecule has 3 heterocycles. The highest BCUT2D eigenvalue weighted by Gasteiger charge is 2.37. The number of piperidine rings is 1. The van der Waals surface area contributed by atoms with Gasteiger partial charge < -0.3 is 9.63 Å². The molecular formula is C11H14N6O4. The quantitative estimate of drug-likeness (QED) is 0.802. The molecule has 2 atom stereocenters. The highest BCUT2D eigenvalue weighted by molar-refractivity contribution is 5.65. The molecule has 1 amide bonds. The molecule has 10 nitrogen and oxygen atoms in total. The maximum absolute atomic E-state index is 11.4.